The van der Waals surface area contributed by atoms with E-state index in [1.165, 1.54) is 0 Å². The molecule has 0 unspecified atom stereocenters. The zero-order chi connectivity index (χ0) is 7.40. The number of hydrogen-bond donors (Lipinski definition) is 0. The molecule has 0 fully saturated rings. The molecule has 0 aliphatic heterocycles. The molecule has 1 heterocycles. The van der Waals surface area contributed by atoms with Crippen molar-refractivity contribution in [1.82, 2.24) is 4.98 Å². The minimum Gasteiger partial charge on any atom is -0.300 e. The van der Waals surface area contributed by atoms with E-state index >= 15 is 0 Å². The molecule has 0 aliphatic rings. The largest absolute Gasteiger partial charge is 0.300 e. The standard InChI is InChI=1S/C8H8NO/c1-7(10)6-8-4-2-3-5-9-8/h3-5H,6H2,1H3. The molecule has 0 aliphatic carbocycles. The summed E-state index contributed by atoms with van der Waals surface area (Å²) in [6.07, 6.45) is 2.05. The Morgan fingerprint density at radius 1 is 1.80 bits per heavy atom. The van der Waals surface area contributed by atoms with Gasteiger partial charge in [0.05, 0.1) is 0 Å². The van der Waals surface area contributed by atoms with Gasteiger partial charge in [0.15, 0.2) is 0 Å². The molecule has 51 valence electrons. The van der Waals surface area contributed by atoms with Crippen LogP contribution < -0.4 is 0 Å². The van der Waals surface area contributed by atoms with Gasteiger partial charge in [-0.1, -0.05) is 0 Å². The van der Waals surface area contributed by atoms with Crippen molar-refractivity contribution < 1.29 is 4.79 Å². The smallest absolute Gasteiger partial charge is 0.135 e. The summed E-state index contributed by atoms with van der Waals surface area (Å²) in [5, 5.41) is 0. The number of rotatable bonds is 2. The first kappa shape index (κ1) is 6.93. The highest BCUT2D eigenvalue weighted by molar-refractivity contribution is 5.77. The van der Waals surface area contributed by atoms with E-state index in [-0.39, 0.29) is 5.78 Å². The number of carbonyl (C=O) groups excluding carboxylic acids is 1. The summed E-state index contributed by atoms with van der Waals surface area (Å²) in [4.78, 5) is 14.5. The van der Waals surface area contributed by atoms with E-state index in [0.717, 1.165) is 5.69 Å². The first-order valence-corrected chi connectivity index (χ1v) is 3.09. The highest BCUT2D eigenvalue weighted by Crippen LogP contribution is 1.93. The first-order chi connectivity index (χ1) is 4.79. The van der Waals surface area contributed by atoms with Gasteiger partial charge in [-0.2, -0.15) is 0 Å². The van der Waals surface area contributed by atoms with E-state index in [1.54, 1.807) is 25.3 Å². The predicted molar refractivity (Wildman–Crippen MR) is 37.5 cm³/mol. The summed E-state index contributed by atoms with van der Waals surface area (Å²) in [7, 11) is 0. The molecule has 10 heavy (non-hydrogen) atoms. The SMILES string of the molecule is CC(=O)Cc1c[c]ccn1. The highest BCUT2D eigenvalue weighted by atomic mass is 16.1. The van der Waals surface area contributed by atoms with Gasteiger partial charge in [0.25, 0.3) is 0 Å². The molecular weight excluding hydrogens is 126 g/mol. The third-order valence-corrected chi connectivity index (χ3v) is 1.09. The van der Waals surface area contributed by atoms with Crippen molar-refractivity contribution in [2.75, 3.05) is 0 Å². The Morgan fingerprint density at radius 2 is 2.60 bits per heavy atom. The molecule has 0 saturated heterocycles. The molecule has 2 heteroatoms. The number of nitrogens with zero attached hydrogens (tertiary/aromatic N) is 1. The second kappa shape index (κ2) is 3.11. The van der Waals surface area contributed by atoms with Crippen molar-refractivity contribution in [3.8, 4) is 0 Å². The van der Waals surface area contributed by atoms with E-state index < -0.39 is 0 Å². The van der Waals surface area contributed by atoms with E-state index in [1.807, 2.05) is 0 Å². The molecule has 1 radical (unpaired) electrons. The van der Waals surface area contributed by atoms with E-state index in [0.29, 0.717) is 6.42 Å². The van der Waals surface area contributed by atoms with Crippen molar-refractivity contribution in [3.63, 3.8) is 0 Å². The summed E-state index contributed by atoms with van der Waals surface area (Å²) >= 11 is 0. The Morgan fingerprint density at radius 3 is 3.10 bits per heavy atom. The average molecular weight is 134 g/mol. The molecule has 0 aromatic carbocycles. The molecule has 1 aromatic rings. The lowest BCUT2D eigenvalue weighted by atomic mass is 10.2. The summed E-state index contributed by atoms with van der Waals surface area (Å²) in [5.74, 6) is 0.132. The van der Waals surface area contributed by atoms with Crippen LogP contribution in [0.2, 0.25) is 0 Å². The number of carbonyl (C=O) groups is 1. The lowest BCUT2D eigenvalue weighted by molar-refractivity contribution is -0.116. The normalized spacial score (nSPS) is 9.30. The van der Waals surface area contributed by atoms with Gasteiger partial charge >= 0.3 is 0 Å². The average Bonchev–Trinajstić information content (AvgIpc) is 1.88. The van der Waals surface area contributed by atoms with Crippen molar-refractivity contribution in [2.24, 2.45) is 0 Å². The maximum atomic E-state index is 10.6. The van der Waals surface area contributed by atoms with Crippen LogP contribution in [0.5, 0.6) is 0 Å². The van der Waals surface area contributed by atoms with Crippen molar-refractivity contribution in [1.29, 1.82) is 0 Å². The first-order valence-electron chi connectivity index (χ1n) is 3.09. The van der Waals surface area contributed by atoms with Gasteiger partial charge in [0, 0.05) is 18.3 Å². The summed E-state index contributed by atoms with van der Waals surface area (Å²) < 4.78 is 0. The number of ketones is 1. The van der Waals surface area contributed by atoms with Crippen LogP contribution in [-0.2, 0) is 11.2 Å². The van der Waals surface area contributed by atoms with Gasteiger partial charge in [-0.15, -0.1) is 0 Å². The minimum atomic E-state index is 0.132. The lowest BCUT2D eigenvalue weighted by Gasteiger charge is -1.92. The number of Topliss-reactive ketones (excluding diaryl/α,β-unsaturated/α-hetero) is 1. The molecule has 0 atom stereocenters. The molecule has 1 rings (SSSR count). The Bertz CT molecular complexity index is 218. The Balaban J connectivity index is 2.67. The Labute approximate surface area is 59.9 Å². The third kappa shape index (κ3) is 1.97. The van der Waals surface area contributed by atoms with Gasteiger partial charge < -0.3 is 0 Å². The molecule has 1 aromatic heterocycles. The molecule has 0 saturated carbocycles. The van der Waals surface area contributed by atoms with E-state index in [2.05, 4.69) is 11.1 Å². The van der Waals surface area contributed by atoms with Crippen LogP contribution in [0.4, 0.5) is 0 Å². The van der Waals surface area contributed by atoms with E-state index in [4.69, 9.17) is 0 Å². The highest BCUT2D eigenvalue weighted by Gasteiger charge is 1.95. The van der Waals surface area contributed by atoms with Crippen LogP contribution in [0.15, 0.2) is 18.3 Å². The topological polar surface area (TPSA) is 30.0 Å². The summed E-state index contributed by atoms with van der Waals surface area (Å²) in [6.45, 7) is 1.55. The van der Waals surface area contributed by atoms with Gasteiger partial charge in [-0.25, -0.2) is 0 Å². The number of pyridine rings is 1. The second-order valence-electron chi connectivity index (χ2n) is 2.13. The van der Waals surface area contributed by atoms with Gasteiger partial charge in [-0.05, 0) is 25.1 Å². The fourth-order valence-corrected chi connectivity index (χ4v) is 0.709. The van der Waals surface area contributed by atoms with E-state index in [9.17, 15) is 4.79 Å². The maximum Gasteiger partial charge on any atom is 0.135 e. The lowest BCUT2D eigenvalue weighted by Crippen LogP contribution is -1.97. The van der Waals surface area contributed by atoms with Crippen LogP contribution in [0.25, 0.3) is 0 Å². The zero-order valence-electron chi connectivity index (χ0n) is 5.79. The van der Waals surface area contributed by atoms with Gasteiger partial charge in [-0.3, -0.25) is 9.78 Å². The summed E-state index contributed by atoms with van der Waals surface area (Å²) in [6, 6.07) is 6.29. The zero-order valence-corrected chi connectivity index (χ0v) is 5.79. The molecule has 0 spiro atoms. The number of hydrogen-bond acceptors (Lipinski definition) is 2. The van der Waals surface area contributed by atoms with Crippen LogP contribution in [-0.4, -0.2) is 10.8 Å². The Kier molecular flexibility index (Phi) is 2.15. The van der Waals surface area contributed by atoms with Gasteiger partial charge in [0.2, 0.25) is 0 Å². The Hall–Kier alpha value is -1.18. The molecular formula is C8H8NO. The monoisotopic (exact) mass is 134 g/mol. The third-order valence-electron chi connectivity index (χ3n) is 1.09. The summed E-state index contributed by atoms with van der Waals surface area (Å²) in [5.41, 5.74) is 0.787. The van der Waals surface area contributed by atoms with Crippen LogP contribution >= 0.6 is 0 Å². The van der Waals surface area contributed by atoms with Gasteiger partial charge in [0.1, 0.15) is 5.78 Å². The number of aromatic nitrogens is 1. The second-order valence-corrected chi connectivity index (χ2v) is 2.13. The predicted octanol–water partition coefficient (Wildman–Crippen LogP) is 1.01. The van der Waals surface area contributed by atoms with Crippen LogP contribution in [0.1, 0.15) is 12.6 Å². The minimum absolute atomic E-state index is 0.132. The molecule has 0 amide bonds. The fraction of sp³-hybridized carbons (Fsp3) is 0.250. The molecule has 0 N–H and O–H groups in total. The van der Waals surface area contributed by atoms with Crippen LogP contribution in [0, 0.1) is 6.07 Å². The van der Waals surface area contributed by atoms with Crippen molar-refractivity contribution in [3.05, 3.63) is 30.1 Å². The van der Waals surface area contributed by atoms with Crippen molar-refractivity contribution >= 4 is 5.78 Å². The van der Waals surface area contributed by atoms with Crippen LogP contribution in [0.3, 0.4) is 0 Å². The quantitative estimate of drug-likeness (QED) is 0.604. The fourth-order valence-electron chi connectivity index (χ4n) is 0.709. The van der Waals surface area contributed by atoms with Crippen molar-refractivity contribution in [2.45, 2.75) is 13.3 Å². The molecule has 0 bridgehead atoms. The molecule has 2 nitrogen and oxygen atoms in total. The maximum absolute atomic E-state index is 10.6.